The zero-order chi connectivity index (χ0) is 22.7. The Morgan fingerprint density at radius 1 is 0.812 bits per heavy atom. The summed E-state index contributed by atoms with van der Waals surface area (Å²) in [6.07, 6.45) is 0. The van der Waals surface area contributed by atoms with Crippen molar-refractivity contribution in [1.82, 2.24) is 10.9 Å². The second kappa shape index (κ2) is 8.99. The molecule has 10 heteroatoms. The van der Waals surface area contributed by atoms with E-state index in [1.807, 2.05) is 24.3 Å². The van der Waals surface area contributed by atoms with E-state index in [0.29, 0.717) is 4.88 Å². The molecular formula is C22H16ClN3O4S2. The normalized spacial score (nSPS) is 11.2. The van der Waals surface area contributed by atoms with Gasteiger partial charge in [-0.2, -0.15) is 0 Å². The summed E-state index contributed by atoms with van der Waals surface area (Å²) in [6, 6.07) is 21.1. The van der Waals surface area contributed by atoms with E-state index >= 15 is 0 Å². The number of halogens is 1. The lowest BCUT2D eigenvalue weighted by Crippen LogP contribution is -2.41. The number of hydrazine groups is 1. The highest BCUT2D eigenvalue weighted by Gasteiger charge is 2.18. The number of sulfonamides is 1. The van der Waals surface area contributed by atoms with Gasteiger partial charge in [0.1, 0.15) is 0 Å². The zero-order valence-corrected chi connectivity index (χ0v) is 18.7. The SMILES string of the molecule is O=C(NNC(=O)c1cc2ccccc2s1)c1cccc(S(=O)(=O)Nc2ccccc2Cl)c1. The van der Waals surface area contributed by atoms with Gasteiger partial charge in [0.25, 0.3) is 21.8 Å². The summed E-state index contributed by atoms with van der Waals surface area (Å²) < 4.78 is 28.7. The van der Waals surface area contributed by atoms with Gasteiger partial charge in [0.2, 0.25) is 0 Å². The quantitative estimate of drug-likeness (QED) is 0.364. The molecule has 1 heterocycles. The van der Waals surface area contributed by atoms with Crippen LogP contribution in [-0.2, 0) is 10.0 Å². The van der Waals surface area contributed by atoms with Crippen molar-refractivity contribution in [1.29, 1.82) is 0 Å². The van der Waals surface area contributed by atoms with Crippen LogP contribution in [-0.4, -0.2) is 20.2 Å². The number of hydrogen-bond acceptors (Lipinski definition) is 5. The Labute approximate surface area is 193 Å². The summed E-state index contributed by atoms with van der Waals surface area (Å²) >= 11 is 7.32. The number of rotatable bonds is 5. The van der Waals surface area contributed by atoms with Crippen molar-refractivity contribution >= 4 is 60.5 Å². The van der Waals surface area contributed by atoms with Gasteiger partial charge in [0.05, 0.1) is 20.5 Å². The van der Waals surface area contributed by atoms with Gasteiger partial charge in [0.15, 0.2) is 0 Å². The van der Waals surface area contributed by atoms with E-state index in [4.69, 9.17) is 11.6 Å². The number of amides is 2. The first-order chi connectivity index (χ1) is 15.3. The average Bonchev–Trinajstić information content (AvgIpc) is 3.23. The monoisotopic (exact) mass is 485 g/mol. The Morgan fingerprint density at radius 2 is 1.53 bits per heavy atom. The molecule has 0 bridgehead atoms. The fourth-order valence-electron chi connectivity index (χ4n) is 2.89. The number of carbonyl (C=O) groups excluding carboxylic acids is 2. The molecule has 0 radical (unpaired) electrons. The topological polar surface area (TPSA) is 104 Å². The number of fused-ring (bicyclic) bond motifs is 1. The molecule has 0 unspecified atom stereocenters. The van der Waals surface area contributed by atoms with Crippen molar-refractivity contribution in [3.05, 3.63) is 94.3 Å². The number of carbonyl (C=O) groups is 2. The fraction of sp³-hybridized carbons (Fsp3) is 0. The van der Waals surface area contributed by atoms with Crippen LogP contribution in [0.4, 0.5) is 5.69 Å². The van der Waals surface area contributed by atoms with Crippen LogP contribution >= 0.6 is 22.9 Å². The Morgan fingerprint density at radius 3 is 2.31 bits per heavy atom. The van der Waals surface area contributed by atoms with Crippen LogP contribution < -0.4 is 15.6 Å². The number of benzene rings is 3. The first kappa shape index (κ1) is 21.8. The minimum Gasteiger partial charge on any atom is -0.278 e. The molecule has 7 nitrogen and oxygen atoms in total. The fourth-order valence-corrected chi connectivity index (χ4v) is 5.22. The third-order valence-corrected chi connectivity index (χ3v) is 7.27. The van der Waals surface area contributed by atoms with Crippen molar-refractivity contribution in [3.63, 3.8) is 0 Å². The summed E-state index contributed by atoms with van der Waals surface area (Å²) in [5.41, 5.74) is 4.94. The zero-order valence-electron chi connectivity index (χ0n) is 16.3. The molecule has 3 N–H and O–H groups in total. The second-order valence-electron chi connectivity index (χ2n) is 6.67. The van der Waals surface area contributed by atoms with Crippen LogP contribution in [0.2, 0.25) is 5.02 Å². The van der Waals surface area contributed by atoms with Crippen LogP contribution in [0.5, 0.6) is 0 Å². The molecule has 0 spiro atoms. The predicted octanol–water partition coefficient (Wildman–Crippen LogP) is 4.43. The second-order valence-corrected chi connectivity index (χ2v) is 9.84. The maximum Gasteiger partial charge on any atom is 0.279 e. The van der Waals surface area contributed by atoms with Gasteiger partial charge in [-0.1, -0.05) is 48.0 Å². The number of hydrogen-bond donors (Lipinski definition) is 3. The first-order valence-electron chi connectivity index (χ1n) is 9.30. The molecule has 0 saturated heterocycles. The van der Waals surface area contributed by atoms with Gasteiger partial charge in [-0.3, -0.25) is 25.2 Å². The summed E-state index contributed by atoms with van der Waals surface area (Å²) in [5.74, 6) is -1.13. The average molecular weight is 486 g/mol. The minimum atomic E-state index is -3.98. The molecule has 0 aliphatic heterocycles. The lowest BCUT2D eigenvalue weighted by atomic mass is 10.2. The Kier molecular flexibility index (Phi) is 6.13. The van der Waals surface area contributed by atoms with Gasteiger partial charge < -0.3 is 0 Å². The van der Waals surface area contributed by atoms with Gasteiger partial charge in [-0.05, 0) is 47.9 Å². The van der Waals surface area contributed by atoms with Crippen LogP contribution in [0.25, 0.3) is 10.1 Å². The molecule has 3 aromatic carbocycles. The van der Waals surface area contributed by atoms with E-state index in [9.17, 15) is 18.0 Å². The molecular weight excluding hydrogens is 470 g/mol. The highest BCUT2D eigenvalue weighted by Crippen LogP contribution is 2.25. The number of para-hydroxylation sites is 1. The summed E-state index contributed by atoms with van der Waals surface area (Å²) in [6.45, 7) is 0. The van der Waals surface area contributed by atoms with E-state index in [1.165, 1.54) is 41.7 Å². The number of thiophene rings is 1. The van der Waals surface area contributed by atoms with Gasteiger partial charge in [0, 0.05) is 10.3 Å². The van der Waals surface area contributed by atoms with E-state index < -0.39 is 21.8 Å². The first-order valence-corrected chi connectivity index (χ1v) is 12.0. The van der Waals surface area contributed by atoms with E-state index in [1.54, 1.807) is 24.3 Å². The highest BCUT2D eigenvalue weighted by atomic mass is 35.5. The molecule has 1 aromatic heterocycles. The van der Waals surface area contributed by atoms with Gasteiger partial charge in [-0.15, -0.1) is 11.3 Å². The molecule has 4 rings (SSSR count). The van der Waals surface area contributed by atoms with Gasteiger partial charge >= 0.3 is 0 Å². The Balaban J connectivity index is 1.46. The smallest absolute Gasteiger partial charge is 0.278 e. The van der Waals surface area contributed by atoms with E-state index in [0.717, 1.165) is 10.1 Å². The van der Waals surface area contributed by atoms with Crippen molar-refractivity contribution in [2.24, 2.45) is 0 Å². The van der Waals surface area contributed by atoms with Crippen molar-refractivity contribution in [2.75, 3.05) is 4.72 Å². The standard InChI is InChI=1S/C22H16ClN3O4S2/c23-17-9-2-3-10-18(17)26-32(29,30)16-8-5-7-15(12-16)21(27)24-25-22(28)20-13-14-6-1-4-11-19(14)31-20/h1-13,26H,(H,24,27)(H,25,28). The molecule has 2 amide bonds. The van der Waals surface area contributed by atoms with E-state index in [-0.39, 0.29) is 21.2 Å². The van der Waals surface area contributed by atoms with E-state index in [2.05, 4.69) is 15.6 Å². The minimum absolute atomic E-state index is 0.0590. The molecule has 0 fully saturated rings. The third-order valence-electron chi connectivity index (χ3n) is 4.46. The summed E-state index contributed by atoms with van der Waals surface area (Å²) in [7, 11) is -3.98. The lowest BCUT2D eigenvalue weighted by Gasteiger charge is -2.11. The molecule has 0 aliphatic carbocycles. The van der Waals surface area contributed by atoms with Crippen molar-refractivity contribution < 1.29 is 18.0 Å². The molecule has 162 valence electrons. The molecule has 0 aliphatic rings. The summed E-state index contributed by atoms with van der Waals surface area (Å²) in [5, 5.41) is 1.17. The highest BCUT2D eigenvalue weighted by molar-refractivity contribution is 7.92. The van der Waals surface area contributed by atoms with Crippen molar-refractivity contribution in [2.45, 2.75) is 4.90 Å². The predicted molar refractivity (Wildman–Crippen MR) is 125 cm³/mol. The number of anilines is 1. The Bertz CT molecular complexity index is 1400. The Hall–Kier alpha value is -3.40. The maximum absolute atomic E-state index is 12.7. The third kappa shape index (κ3) is 4.75. The molecule has 4 aromatic rings. The maximum atomic E-state index is 12.7. The molecule has 0 atom stereocenters. The lowest BCUT2D eigenvalue weighted by molar-refractivity contribution is 0.0849. The molecule has 32 heavy (non-hydrogen) atoms. The molecule has 0 saturated carbocycles. The number of nitrogens with one attached hydrogen (secondary N) is 3. The summed E-state index contributed by atoms with van der Waals surface area (Å²) in [4.78, 5) is 25.2. The van der Waals surface area contributed by atoms with Crippen LogP contribution in [0.3, 0.4) is 0 Å². The van der Waals surface area contributed by atoms with Crippen LogP contribution in [0.15, 0.2) is 83.8 Å². The van der Waals surface area contributed by atoms with Crippen LogP contribution in [0.1, 0.15) is 20.0 Å². The van der Waals surface area contributed by atoms with Crippen LogP contribution in [0, 0.1) is 0 Å². The largest absolute Gasteiger partial charge is 0.279 e. The van der Waals surface area contributed by atoms with Crippen molar-refractivity contribution in [3.8, 4) is 0 Å². The van der Waals surface area contributed by atoms with Gasteiger partial charge in [-0.25, -0.2) is 8.42 Å².